The number of aliphatic hydroxyl groups is 1. The van der Waals surface area contributed by atoms with Gasteiger partial charge >= 0.3 is 6.03 Å². The molecule has 0 aliphatic carbocycles. The average Bonchev–Trinajstić information content (AvgIpc) is 2.12. The van der Waals surface area contributed by atoms with Gasteiger partial charge in [0.05, 0.1) is 6.10 Å². The van der Waals surface area contributed by atoms with Crippen molar-refractivity contribution in [1.82, 2.24) is 9.80 Å². The van der Waals surface area contributed by atoms with Gasteiger partial charge in [-0.15, -0.1) is 0 Å². The number of hydrogen-bond acceptors (Lipinski definition) is 2. The van der Waals surface area contributed by atoms with Crippen molar-refractivity contribution in [3.05, 3.63) is 0 Å². The summed E-state index contributed by atoms with van der Waals surface area (Å²) >= 11 is 0. The van der Waals surface area contributed by atoms with E-state index in [1.54, 1.807) is 4.90 Å². The van der Waals surface area contributed by atoms with Gasteiger partial charge < -0.3 is 14.9 Å². The fourth-order valence-corrected chi connectivity index (χ4v) is 2.21. The van der Waals surface area contributed by atoms with E-state index in [4.69, 9.17) is 0 Å². The van der Waals surface area contributed by atoms with E-state index in [2.05, 4.69) is 0 Å². The Labute approximate surface area is 78.1 Å². The van der Waals surface area contributed by atoms with E-state index >= 15 is 0 Å². The highest BCUT2D eigenvalue weighted by Crippen LogP contribution is 2.24. The third-order valence-corrected chi connectivity index (χ3v) is 3.06. The van der Waals surface area contributed by atoms with E-state index in [-0.39, 0.29) is 18.2 Å². The van der Waals surface area contributed by atoms with Crippen molar-refractivity contribution < 1.29 is 9.90 Å². The van der Waals surface area contributed by atoms with Crippen molar-refractivity contribution in [1.29, 1.82) is 0 Å². The van der Waals surface area contributed by atoms with Gasteiger partial charge in [-0.2, -0.15) is 0 Å². The summed E-state index contributed by atoms with van der Waals surface area (Å²) < 4.78 is 0. The van der Waals surface area contributed by atoms with Crippen molar-refractivity contribution in [2.75, 3.05) is 20.1 Å². The van der Waals surface area contributed by atoms with Crippen molar-refractivity contribution >= 4 is 6.03 Å². The zero-order chi connectivity index (χ0) is 9.42. The Hall–Kier alpha value is -0.770. The summed E-state index contributed by atoms with van der Waals surface area (Å²) in [5.41, 5.74) is 0. The van der Waals surface area contributed by atoms with Crippen LogP contribution in [0.1, 0.15) is 19.3 Å². The first-order chi connectivity index (χ1) is 6.18. The molecule has 0 aromatic heterocycles. The number of hydrogen-bond donors (Lipinski definition) is 1. The van der Waals surface area contributed by atoms with Crippen molar-refractivity contribution in [2.45, 2.75) is 31.4 Å². The molecule has 0 radical (unpaired) electrons. The van der Waals surface area contributed by atoms with E-state index in [0.29, 0.717) is 0 Å². The number of urea groups is 1. The molecule has 13 heavy (non-hydrogen) atoms. The van der Waals surface area contributed by atoms with Crippen molar-refractivity contribution in [2.24, 2.45) is 0 Å². The van der Waals surface area contributed by atoms with Gasteiger partial charge in [0, 0.05) is 26.2 Å². The number of amides is 2. The van der Waals surface area contributed by atoms with E-state index < -0.39 is 0 Å². The maximum Gasteiger partial charge on any atom is 0.319 e. The third kappa shape index (κ3) is 1.50. The molecule has 74 valence electrons. The molecular formula is C9H16N2O2. The molecule has 2 aliphatic rings. The number of aliphatic hydroxyl groups excluding tert-OH is 1. The lowest BCUT2D eigenvalue weighted by Crippen LogP contribution is -2.56. The maximum atomic E-state index is 11.6. The van der Waals surface area contributed by atoms with Crippen LogP contribution in [0.15, 0.2) is 0 Å². The predicted molar refractivity (Wildman–Crippen MR) is 48.4 cm³/mol. The first kappa shape index (κ1) is 8.81. The van der Waals surface area contributed by atoms with Gasteiger partial charge in [0.15, 0.2) is 0 Å². The minimum atomic E-state index is -0.197. The predicted octanol–water partition coefficient (Wildman–Crippen LogP) is 0.267. The number of rotatable bonds is 0. The highest BCUT2D eigenvalue weighted by atomic mass is 16.3. The Morgan fingerprint density at radius 3 is 2.92 bits per heavy atom. The number of nitrogens with zero attached hydrogens (tertiary/aromatic N) is 2. The van der Waals surface area contributed by atoms with Crippen LogP contribution in [0.5, 0.6) is 0 Å². The molecule has 0 saturated carbocycles. The first-order valence-electron chi connectivity index (χ1n) is 4.88. The Kier molecular flexibility index (Phi) is 2.15. The van der Waals surface area contributed by atoms with Gasteiger partial charge in [0.1, 0.15) is 0 Å². The average molecular weight is 184 g/mol. The third-order valence-electron chi connectivity index (χ3n) is 3.06. The van der Waals surface area contributed by atoms with Crippen LogP contribution in [0.4, 0.5) is 4.79 Å². The molecule has 1 N–H and O–H groups in total. The van der Waals surface area contributed by atoms with Crippen LogP contribution >= 0.6 is 0 Å². The molecule has 2 fully saturated rings. The molecule has 4 heteroatoms. The van der Waals surface area contributed by atoms with Crippen molar-refractivity contribution in [3.8, 4) is 0 Å². The van der Waals surface area contributed by atoms with Crippen LogP contribution in [0.2, 0.25) is 0 Å². The summed E-state index contributed by atoms with van der Waals surface area (Å²) in [6.45, 7) is 1.54. The van der Waals surface area contributed by atoms with Crippen molar-refractivity contribution in [3.63, 3.8) is 0 Å². The first-order valence-corrected chi connectivity index (χ1v) is 4.88. The van der Waals surface area contributed by atoms with E-state index in [1.165, 1.54) is 0 Å². The standard InChI is InChI=1S/C9H16N2O2/c1-10-4-2-7-6-8(12)3-5-11(7)9(10)13/h7-8,12H,2-6H2,1H3/t7-,8+/m1/s1. The molecule has 2 aliphatic heterocycles. The molecule has 0 spiro atoms. The Bertz CT molecular complexity index is 220. The summed E-state index contributed by atoms with van der Waals surface area (Å²) in [6, 6.07) is 0.413. The smallest absolute Gasteiger partial charge is 0.319 e. The summed E-state index contributed by atoms with van der Waals surface area (Å²) in [5, 5.41) is 9.45. The van der Waals surface area contributed by atoms with Crippen LogP contribution in [-0.2, 0) is 0 Å². The van der Waals surface area contributed by atoms with Gasteiger partial charge in [0.25, 0.3) is 0 Å². The van der Waals surface area contributed by atoms with Crippen LogP contribution < -0.4 is 0 Å². The molecule has 2 saturated heterocycles. The van der Waals surface area contributed by atoms with E-state index in [1.807, 2.05) is 11.9 Å². The Balaban J connectivity index is 2.06. The largest absolute Gasteiger partial charge is 0.393 e. The zero-order valence-corrected chi connectivity index (χ0v) is 7.94. The highest BCUT2D eigenvalue weighted by Gasteiger charge is 2.35. The second kappa shape index (κ2) is 3.18. The quantitative estimate of drug-likeness (QED) is 0.587. The lowest BCUT2D eigenvalue weighted by molar-refractivity contribution is 0.0291. The minimum Gasteiger partial charge on any atom is -0.393 e. The normalized spacial score (nSPS) is 34.8. The minimum absolute atomic E-state index is 0.128. The van der Waals surface area contributed by atoms with Gasteiger partial charge in [-0.25, -0.2) is 4.79 Å². The summed E-state index contributed by atoms with van der Waals surface area (Å²) in [7, 11) is 1.84. The lowest BCUT2D eigenvalue weighted by Gasteiger charge is -2.44. The van der Waals surface area contributed by atoms with Gasteiger partial charge in [-0.3, -0.25) is 0 Å². The maximum absolute atomic E-state index is 11.6. The molecule has 0 aromatic rings. The van der Waals surface area contributed by atoms with Crippen LogP contribution in [0, 0.1) is 0 Å². The lowest BCUT2D eigenvalue weighted by atomic mass is 9.95. The Morgan fingerprint density at radius 1 is 1.38 bits per heavy atom. The van der Waals surface area contributed by atoms with E-state index in [0.717, 1.165) is 32.4 Å². The summed E-state index contributed by atoms with van der Waals surface area (Å²) in [6.07, 6.45) is 2.30. The molecule has 0 unspecified atom stereocenters. The Morgan fingerprint density at radius 2 is 2.15 bits per heavy atom. The molecule has 4 nitrogen and oxygen atoms in total. The van der Waals surface area contributed by atoms with Gasteiger partial charge in [0.2, 0.25) is 0 Å². The molecule has 0 bridgehead atoms. The number of piperidine rings is 1. The highest BCUT2D eigenvalue weighted by molar-refractivity contribution is 5.75. The fraction of sp³-hybridized carbons (Fsp3) is 0.889. The topological polar surface area (TPSA) is 43.8 Å². The van der Waals surface area contributed by atoms with Crippen LogP contribution in [0.3, 0.4) is 0 Å². The molecule has 2 amide bonds. The molecule has 2 heterocycles. The van der Waals surface area contributed by atoms with Crippen LogP contribution in [0.25, 0.3) is 0 Å². The molecule has 2 atom stereocenters. The monoisotopic (exact) mass is 184 g/mol. The van der Waals surface area contributed by atoms with E-state index in [9.17, 15) is 9.90 Å². The second-order valence-electron chi connectivity index (χ2n) is 4.02. The number of fused-ring (bicyclic) bond motifs is 1. The number of carbonyl (C=O) groups excluding carboxylic acids is 1. The number of carbonyl (C=O) groups is 1. The van der Waals surface area contributed by atoms with Crippen LogP contribution in [-0.4, -0.2) is 53.2 Å². The fourth-order valence-electron chi connectivity index (χ4n) is 2.21. The summed E-state index contributed by atoms with van der Waals surface area (Å²) in [4.78, 5) is 15.3. The summed E-state index contributed by atoms with van der Waals surface area (Å²) in [5.74, 6) is 0. The molecule has 0 aromatic carbocycles. The zero-order valence-electron chi connectivity index (χ0n) is 7.94. The second-order valence-corrected chi connectivity index (χ2v) is 4.02. The van der Waals surface area contributed by atoms with Gasteiger partial charge in [-0.1, -0.05) is 0 Å². The molecular weight excluding hydrogens is 168 g/mol. The van der Waals surface area contributed by atoms with Gasteiger partial charge in [-0.05, 0) is 19.3 Å². The SMILES string of the molecule is CN1CC[C@@H]2C[C@@H](O)CCN2C1=O. The molecule has 2 rings (SSSR count).